The summed E-state index contributed by atoms with van der Waals surface area (Å²) in [5, 5.41) is 14.2. The minimum absolute atomic E-state index is 0.0310. The van der Waals surface area contributed by atoms with Gasteiger partial charge in [0, 0.05) is 12.1 Å². The lowest BCUT2D eigenvalue weighted by atomic mass is 9.78. The van der Waals surface area contributed by atoms with Crippen LogP contribution in [0.5, 0.6) is 0 Å². The number of carbonyl (C=O) groups excluding carboxylic acids is 1. The fourth-order valence-electron chi connectivity index (χ4n) is 4.47. The number of carbonyl (C=O) groups is 1. The first-order valence-electron chi connectivity index (χ1n) is 11.2. The Labute approximate surface area is 205 Å². The second-order valence-electron chi connectivity index (χ2n) is 9.11. The minimum Gasteiger partial charge on any atom is -0.352 e. The molecule has 0 aliphatic heterocycles. The molecule has 2 aromatic carbocycles. The maximum absolute atomic E-state index is 13.7. The molecule has 0 radical (unpaired) electrons. The number of nitrogens with one attached hydrogen (secondary N) is 1. The molecular formula is C24H30ClN3O5S. The van der Waals surface area contributed by atoms with Crippen LogP contribution in [0.25, 0.3) is 0 Å². The summed E-state index contributed by atoms with van der Waals surface area (Å²) >= 11 is 5.88. The van der Waals surface area contributed by atoms with Crippen molar-refractivity contribution >= 4 is 38.9 Å². The Morgan fingerprint density at radius 2 is 1.88 bits per heavy atom. The quantitative estimate of drug-likeness (QED) is 0.419. The molecule has 10 heteroatoms. The Balaban J connectivity index is 2.00. The maximum atomic E-state index is 13.7. The van der Waals surface area contributed by atoms with Gasteiger partial charge in [-0.3, -0.25) is 19.2 Å². The summed E-state index contributed by atoms with van der Waals surface area (Å²) in [6.45, 7) is 7.46. The van der Waals surface area contributed by atoms with Crippen LogP contribution in [0, 0.1) is 35.8 Å². The van der Waals surface area contributed by atoms with E-state index in [4.69, 9.17) is 11.6 Å². The molecule has 1 saturated carbocycles. The summed E-state index contributed by atoms with van der Waals surface area (Å²) in [5.41, 5.74) is 1.43. The summed E-state index contributed by atoms with van der Waals surface area (Å²) in [6.07, 6.45) is 2.95. The number of rotatable bonds is 7. The molecular weight excluding hydrogens is 478 g/mol. The number of amides is 1. The number of aryl methyl sites for hydroxylation is 2. The van der Waals surface area contributed by atoms with Gasteiger partial charge in [-0.05, 0) is 55.9 Å². The van der Waals surface area contributed by atoms with Gasteiger partial charge in [0.1, 0.15) is 11.6 Å². The smallest absolute Gasteiger partial charge is 0.289 e. The molecule has 1 fully saturated rings. The van der Waals surface area contributed by atoms with Gasteiger partial charge in [-0.25, -0.2) is 8.42 Å². The van der Waals surface area contributed by atoms with E-state index in [0.29, 0.717) is 17.2 Å². The van der Waals surface area contributed by atoms with E-state index in [-0.39, 0.29) is 21.9 Å². The third-order valence-electron chi connectivity index (χ3n) is 6.66. The van der Waals surface area contributed by atoms with E-state index in [2.05, 4.69) is 19.2 Å². The van der Waals surface area contributed by atoms with Crippen LogP contribution in [0.3, 0.4) is 0 Å². The summed E-state index contributed by atoms with van der Waals surface area (Å²) < 4.78 is 28.4. The first-order chi connectivity index (χ1) is 15.9. The normalized spacial score (nSPS) is 20.6. The lowest BCUT2D eigenvalue weighted by Crippen LogP contribution is -2.48. The first kappa shape index (κ1) is 26.0. The van der Waals surface area contributed by atoms with Gasteiger partial charge < -0.3 is 5.32 Å². The van der Waals surface area contributed by atoms with Gasteiger partial charge in [-0.2, -0.15) is 0 Å². The van der Waals surface area contributed by atoms with E-state index in [9.17, 15) is 23.3 Å². The average Bonchev–Trinajstić information content (AvgIpc) is 2.75. The minimum atomic E-state index is -4.31. The Hall–Kier alpha value is -2.65. The molecule has 0 spiro atoms. The Kier molecular flexibility index (Phi) is 7.88. The zero-order valence-electron chi connectivity index (χ0n) is 19.7. The van der Waals surface area contributed by atoms with Crippen molar-refractivity contribution in [1.82, 2.24) is 5.32 Å². The van der Waals surface area contributed by atoms with Crippen molar-refractivity contribution in [1.29, 1.82) is 0 Å². The van der Waals surface area contributed by atoms with Crippen molar-refractivity contribution in [2.24, 2.45) is 11.8 Å². The molecule has 1 aliphatic rings. The molecule has 34 heavy (non-hydrogen) atoms. The molecule has 2 aromatic rings. The van der Waals surface area contributed by atoms with Crippen LogP contribution in [0.1, 0.15) is 44.2 Å². The number of benzene rings is 2. The average molecular weight is 508 g/mol. The van der Waals surface area contributed by atoms with Crippen molar-refractivity contribution in [3.63, 3.8) is 0 Å². The monoisotopic (exact) mass is 507 g/mol. The largest absolute Gasteiger partial charge is 0.352 e. The third kappa shape index (κ3) is 5.52. The molecule has 3 atom stereocenters. The van der Waals surface area contributed by atoms with Crippen molar-refractivity contribution in [3.05, 3.63) is 62.7 Å². The van der Waals surface area contributed by atoms with Crippen LogP contribution < -0.4 is 9.62 Å². The zero-order chi connectivity index (χ0) is 25.2. The Morgan fingerprint density at radius 1 is 1.18 bits per heavy atom. The summed E-state index contributed by atoms with van der Waals surface area (Å²) in [4.78, 5) is 23.4. The van der Waals surface area contributed by atoms with Gasteiger partial charge in [0.05, 0.1) is 15.5 Å². The fraction of sp³-hybridized carbons (Fsp3) is 0.458. The third-order valence-corrected chi connectivity index (χ3v) is 8.74. The highest BCUT2D eigenvalue weighted by Gasteiger charge is 2.33. The summed E-state index contributed by atoms with van der Waals surface area (Å²) in [7, 11) is -4.31. The highest BCUT2D eigenvalue weighted by atomic mass is 35.5. The van der Waals surface area contributed by atoms with Crippen LogP contribution in [0.4, 0.5) is 11.4 Å². The maximum Gasteiger partial charge on any atom is 0.289 e. The van der Waals surface area contributed by atoms with Crippen molar-refractivity contribution in [2.45, 2.75) is 57.9 Å². The number of hydrogen-bond donors (Lipinski definition) is 1. The number of sulfonamides is 1. The van der Waals surface area contributed by atoms with Crippen LogP contribution in [-0.2, 0) is 14.8 Å². The lowest BCUT2D eigenvalue weighted by molar-refractivity contribution is -0.384. The van der Waals surface area contributed by atoms with Crippen molar-refractivity contribution in [3.8, 4) is 0 Å². The van der Waals surface area contributed by atoms with Crippen LogP contribution in [0.15, 0.2) is 41.3 Å². The van der Waals surface area contributed by atoms with Gasteiger partial charge in [-0.1, -0.05) is 56.0 Å². The molecule has 0 saturated heterocycles. The van der Waals surface area contributed by atoms with Gasteiger partial charge in [-0.15, -0.1) is 0 Å². The van der Waals surface area contributed by atoms with Crippen LogP contribution >= 0.6 is 11.6 Å². The zero-order valence-corrected chi connectivity index (χ0v) is 21.3. The van der Waals surface area contributed by atoms with Gasteiger partial charge in [0.25, 0.3) is 15.7 Å². The number of hydrogen-bond acceptors (Lipinski definition) is 5. The Morgan fingerprint density at radius 3 is 2.53 bits per heavy atom. The van der Waals surface area contributed by atoms with Crippen LogP contribution in [0.2, 0.25) is 5.02 Å². The summed E-state index contributed by atoms with van der Waals surface area (Å²) in [5.74, 6) is 0.327. The standard InChI is InChI=1S/C24H30ClN3O5S/c1-15-8-11-22(17(3)12-15)27(14-24(29)26-21-7-5-6-16(2)18(21)4)34(32,33)19-9-10-20(25)23(13-19)28(30)31/h8-13,16,18,21H,5-7,14H2,1-4H3,(H,26,29)/t16-,18+,21+/m1/s1. The van der Waals surface area contributed by atoms with Gasteiger partial charge >= 0.3 is 0 Å². The molecule has 0 heterocycles. The number of anilines is 1. The number of nitro groups is 1. The molecule has 1 amide bonds. The number of halogens is 1. The van der Waals surface area contributed by atoms with Crippen molar-refractivity contribution < 1.29 is 18.1 Å². The van der Waals surface area contributed by atoms with E-state index in [1.807, 2.05) is 13.0 Å². The SMILES string of the molecule is Cc1ccc(N(CC(=O)N[C@H]2CCC[C@@H](C)[C@@H]2C)S(=O)(=O)c2ccc(Cl)c([N+](=O)[O-])c2)c(C)c1. The van der Waals surface area contributed by atoms with E-state index in [1.165, 1.54) is 12.1 Å². The highest BCUT2D eigenvalue weighted by Crippen LogP contribution is 2.33. The molecule has 0 aromatic heterocycles. The molecule has 3 rings (SSSR count). The Bertz CT molecular complexity index is 1200. The van der Waals surface area contributed by atoms with E-state index in [0.717, 1.165) is 35.2 Å². The second kappa shape index (κ2) is 10.3. The van der Waals surface area contributed by atoms with Crippen LogP contribution in [-0.4, -0.2) is 31.8 Å². The number of nitro benzene ring substituents is 1. The molecule has 184 valence electrons. The second-order valence-corrected chi connectivity index (χ2v) is 11.4. The molecule has 1 N–H and O–H groups in total. The van der Waals surface area contributed by atoms with Gasteiger partial charge in [0.2, 0.25) is 5.91 Å². The predicted octanol–water partition coefficient (Wildman–Crippen LogP) is 5.00. The summed E-state index contributed by atoms with van der Waals surface area (Å²) in [6, 6.07) is 8.52. The predicted molar refractivity (Wildman–Crippen MR) is 133 cm³/mol. The van der Waals surface area contributed by atoms with Crippen molar-refractivity contribution in [2.75, 3.05) is 10.8 Å². The topological polar surface area (TPSA) is 110 Å². The fourth-order valence-corrected chi connectivity index (χ4v) is 6.17. The van der Waals surface area contributed by atoms with Gasteiger partial charge in [0.15, 0.2) is 0 Å². The highest BCUT2D eigenvalue weighted by molar-refractivity contribution is 7.92. The molecule has 1 aliphatic carbocycles. The number of nitrogens with zero attached hydrogens (tertiary/aromatic N) is 2. The van der Waals surface area contributed by atoms with E-state index < -0.39 is 33.1 Å². The van der Waals surface area contributed by atoms with E-state index in [1.54, 1.807) is 19.1 Å². The molecule has 8 nitrogen and oxygen atoms in total. The molecule has 0 unspecified atom stereocenters. The molecule has 0 bridgehead atoms. The van der Waals surface area contributed by atoms with E-state index >= 15 is 0 Å². The first-order valence-corrected chi connectivity index (χ1v) is 13.1. The lowest BCUT2D eigenvalue weighted by Gasteiger charge is -2.35.